The molecule has 0 aromatic rings. The topological polar surface area (TPSA) is 3.24 Å². The van der Waals surface area contributed by atoms with Crippen LogP contribution in [0.3, 0.4) is 0 Å². The van der Waals surface area contributed by atoms with Gasteiger partial charge >= 0.3 is 0 Å². The van der Waals surface area contributed by atoms with Gasteiger partial charge in [0.2, 0.25) is 0 Å². The molecular formula is C12H23N. The van der Waals surface area contributed by atoms with Crippen LogP contribution < -0.4 is 0 Å². The summed E-state index contributed by atoms with van der Waals surface area (Å²) in [4.78, 5) is 2.62. The average Bonchev–Trinajstić information content (AvgIpc) is 2.27. The van der Waals surface area contributed by atoms with E-state index >= 15 is 0 Å². The van der Waals surface area contributed by atoms with Crippen molar-refractivity contribution in [3.63, 3.8) is 0 Å². The standard InChI is InChI=1S/C12H23N/c1-12-8-5-3-4-7-11(12)13(2)10-6-9-12/h11H,3-10H2,1-2H3. The van der Waals surface area contributed by atoms with Crippen molar-refractivity contribution in [2.75, 3.05) is 13.6 Å². The van der Waals surface area contributed by atoms with E-state index in [1.165, 1.54) is 51.5 Å². The van der Waals surface area contributed by atoms with Crippen molar-refractivity contribution in [2.45, 2.75) is 57.9 Å². The van der Waals surface area contributed by atoms with E-state index < -0.39 is 0 Å². The van der Waals surface area contributed by atoms with Crippen molar-refractivity contribution in [1.29, 1.82) is 0 Å². The van der Waals surface area contributed by atoms with E-state index in [1.54, 1.807) is 0 Å². The highest BCUT2D eigenvalue weighted by atomic mass is 15.1. The monoisotopic (exact) mass is 181 g/mol. The minimum absolute atomic E-state index is 0.656. The molecule has 1 nitrogen and oxygen atoms in total. The second kappa shape index (κ2) is 3.61. The van der Waals surface area contributed by atoms with Gasteiger partial charge in [0.15, 0.2) is 0 Å². The third kappa shape index (κ3) is 1.76. The van der Waals surface area contributed by atoms with Crippen LogP contribution in [0, 0.1) is 5.41 Å². The number of fused-ring (bicyclic) bond motifs is 1. The molecule has 0 aromatic heterocycles. The zero-order valence-corrected chi connectivity index (χ0v) is 9.18. The lowest BCUT2D eigenvalue weighted by molar-refractivity contribution is 0.0384. The maximum absolute atomic E-state index is 2.62. The normalized spacial score (nSPS) is 42.5. The number of hydrogen-bond donors (Lipinski definition) is 0. The molecule has 0 amide bonds. The lowest BCUT2D eigenvalue weighted by Gasteiger charge is -2.46. The van der Waals surface area contributed by atoms with E-state index in [0.29, 0.717) is 5.41 Å². The summed E-state index contributed by atoms with van der Waals surface area (Å²) in [5.41, 5.74) is 0.656. The lowest BCUT2D eigenvalue weighted by Crippen LogP contribution is -2.48. The van der Waals surface area contributed by atoms with Crippen LogP contribution >= 0.6 is 0 Å². The number of nitrogens with zero attached hydrogens (tertiary/aromatic N) is 1. The van der Waals surface area contributed by atoms with Gasteiger partial charge in [-0.15, -0.1) is 0 Å². The van der Waals surface area contributed by atoms with Crippen molar-refractivity contribution < 1.29 is 0 Å². The molecule has 2 atom stereocenters. The highest BCUT2D eigenvalue weighted by Gasteiger charge is 2.39. The Morgan fingerprint density at radius 3 is 2.69 bits per heavy atom. The van der Waals surface area contributed by atoms with Gasteiger partial charge in [-0.2, -0.15) is 0 Å². The van der Waals surface area contributed by atoms with E-state index in [9.17, 15) is 0 Å². The van der Waals surface area contributed by atoms with Gasteiger partial charge in [0.05, 0.1) is 0 Å². The molecule has 1 aliphatic carbocycles. The molecule has 13 heavy (non-hydrogen) atoms. The Morgan fingerprint density at radius 2 is 1.85 bits per heavy atom. The molecule has 76 valence electrons. The maximum Gasteiger partial charge on any atom is 0.0146 e. The van der Waals surface area contributed by atoms with Crippen LogP contribution in [0.15, 0.2) is 0 Å². The summed E-state index contributed by atoms with van der Waals surface area (Å²) in [6.07, 6.45) is 10.2. The van der Waals surface area contributed by atoms with Crippen molar-refractivity contribution in [1.82, 2.24) is 4.90 Å². The minimum Gasteiger partial charge on any atom is -0.303 e. The maximum atomic E-state index is 2.62. The first-order valence-corrected chi connectivity index (χ1v) is 5.93. The molecular weight excluding hydrogens is 158 g/mol. The zero-order valence-electron chi connectivity index (χ0n) is 9.18. The van der Waals surface area contributed by atoms with Crippen LogP contribution in [0.2, 0.25) is 0 Å². The van der Waals surface area contributed by atoms with Gasteiger partial charge in [-0.1, -0.05) is 26.2 Å². The lowest BCUT2D eigenvalue weighted by atomic mass is 9.72. The molecule has 1 heterocycles. The Morgan fingerprint density at radius 1 is 1.08 bits per heavy atom. The first-order valence-electron chi connectivity index (χ1n) is 5.93. The average molecular weight is 181 g/mol. The van der Waals surface area contributed by atoms with Gasteiger partial charge in [-0.05, 0) is 44.7 Å². The summed E-state index contributed by atoms with van der Waals surface area (Å²) in [5, 5.41) is 0. The fraction of sp³-hybridized carbons (Fsp3) is 1.00. The van der Waals surface area contributed by atoms with Gasteiger partial charge in [0, 0.05) is 6.04 Å². The Kier molecular flexibility index (Phi) is 2.64. The molecule has 0 bridgehead atoms. The molecule has 2 fully saturated rings. The molecule has 0 spiro atoms. The van der Waals surface area contributed by atoms with Crippen LogP contribution in [0.5, 0.6) is 0 Å². The molecule has 2 unspecified atom stereocenters. The largest absolute Gasteiger partial charge is 0.303 e. The SMILES string of the molecule is CN1CCCC2(C)CCCCCC12. The summed E-state index contributed by atoms with van der Waals surface area (Å²) >= 11 is 0. The number of rotatable bonds is 0. The number of piperidine rings is 1. The summed E-state index contributed by atoms with van der Waals surface area (Å²) < 4.78 is 0. The highest BCUT2D eigenvalue weighted by molar-refractivity contribution is 4.93. The molecule has 1 aliphatic heterocycles. The molecule has 0 aromatic carbocycles. The van der Waals surface area contributed by atoms with Crippen molar-refractivity contribution >= 4 is 0 Å². The summed E-state index contributed by atoms with van der Waals surface area (Å²) in [6, 6.07) is 0.892. The fourth-order valence-electron chi connectivity index (χ4n) is 3.49. The van der Waals surface area contributed by atoms with Gasteiger partial charge in [-0.25, -0.2) is 0 Å². The molecule has 1 saturated carbocycles. The van der Waals surface area contributed by atoms with Crippen LogP contribution in [0.4, 0.5) is 0 Å². The summed E-state index contributed by atoms with van der Waals surface area (Å²) in [7, 11) is 2.33. The van der Waals surface area contributed by atoms with E-state index in [0.717, 1.165) is 6.04 Å². The predicted molar refractivity (Wildman–Crippen MR) is 56.8 cm³/mol. The second-order valence-electron chi connectivity index (χ2n) is 5.35. The zero-order chi connectivity index (χ0) is 9.31. The van der Waals surface area contributed by atoms with Crippen molar-refractivity contribution in [3.05, 3.63) is 0 Å². The first-order chi connectivity index (χ1) is 6.22. The third-order valence-corrected chi connectivity index (χ3v) is 4.32. The van der Waals surface area contributed by atoms with E-state index in [-0.39, 0.29) is 0 Å². The summed E-state index contributed by atoms with van der Waals surface area (Å²) in [5.74, 6) is 0. The Bertz CT molecular complexity index is 178. The third-order valence-electron chi connectivity index (χ3n) is 4.32. The van der Waals surface area contributed by atoms with Crippen LogP contribution in [0.1, 0.15) is 51.9 Å². The van der Waals surface area contributed by atoms with E-state index in [4.69, 9.17) is 0 Å². The highest BCUT2D eigenvalue weighted by Crippen LogP contribution is 2.43. The fourth-order valence-corrected chi connectivity index (χ4v) is 3.49. The molecule has 2 aliphatic rings. The van der Waals surface area contributed by atoms with E-state index in [1.807, 2.05) is 0 Å². The van der Waals surface area contributed by atoms with Crippen LogP contribution in [-0.2, 0) is 0 Å². The Hall–Kier alpha value is -0.0400. The predicted octanol–water partition coefficient (Wildman–Crippen LogP) is 3.05. The smallest absolute Gasteiger partial charge is 0.0146 e. The first kappa shape index (κ1) is 9.51. The van der Waals surface area contributed by atoms with Gasteiger partial charge in [0.1, 0.15) is 0 Å². The van der Waals surface area contributed by atoms with Crippen LogP contribution in [0.25, 0.3) is 0 Å². The molecule has 1 saturated heterocycles. The van der Waals surface area contributed by atoms with Gasteiger partial charge in [-0.3, -0.25) is 0 Å². The van der Waals surface area contributed by atoms with Gasteiger partial charge in [0.25, 0.3) is 0 Å². The second-order valence-corrected chi connectivity index (χ2v) is 5.35. The number of likely N-dealkylation sites (tertiary alicyclic amines) is 1. The molecule has 1 heteroatoms. The van der Waals surface area contributed by atoms with Crippen molar-refractivity contribution in [2.24, 2.45) is 5.41 Å². The van der Waals surface area contributed by atoms with Crippen LogP contribution in [-0.4, -0.2) is 24.5 Å². The number of hydrogen-bond acceptors (Lipinski definition) is 1. The molecule has 0 radical (unpaired) electrons. The molecule has 0 N–H and O–H groups in total. The quantitative estimate of drug-likeness (QED) is 0.555. The Labute approximate surface area is 82.5 Å². The van der Waals surface area contributed by atoms with Gasteiger partial charge < -0.3 is 4.90 Å². The minimum atomic E-state index is 0.656. The molecule has 2 rings (SSSR count). The summed E-state index contributed by atoms with van der Waals surface area (Å²) in [6.45, 7) is 3.86. The van der Waals surface area contributed by atoms with E-state index in [2.05, 4.69) is 18.9 Å². The Balaban J connectivity index is 2.14. The van der Waals surface area contributed by atoms with Crippen molar-refractivity contribution in [3.8, 4) is 0 Å².